The first kappa shape index (κ1) is 12.0. The number of halogens is 1. The van der Waals surface area contributed by atoms with Crippen molar-refractivity contribution in [1.29, 1.82) is 0 Å². The van der Waals surface area contributed by atoms with Crippen molar-refractivity contribution in [3.8, 4) is 0 Å². The minimum absolute atomic E-state index is 0.244. The van der Waals surface area contributed by atoms with Crippen LogP contribution in [0.2, 0.25) is 0 Å². The molecular formula is C12H12FN5S. The molecule has 19 heavy (non-hydrogen) atoms. The summed E-state index contributed by atoms with van der Waals surface area (Å²) in [7, 11) is 1.81. The largest absolute Gasteiger partial charge is 0.330 e. The van der Waals surface area contributed by atoms with Crippen LogP contribution in [0.3, 0.4) is 0 Å². The van der Waals surface area contributed by atoms with Crippen LogP contribution in [0.1, 0.15) is 11.4 Å². The van der Waals surface area contributed by atoms with Gasteiger partial charge in [0.05, 0.1) is 17.6 Å². The van der Waals surface area contributed by atoms with Crippen LogP contribution in [-0.4, -0.2) is 24.3 Å². The van der Waals surface area contributed by atoms with E-state index < -0.39 is 0 Å². The fourth-order valence-electron chi connectivity index (χ4n) is 2.04. The molecule has 0 saturated heterocycles. The van der Waals surface area contributed by atoms with Crippen LogP contribution in [0.5, 0.6) is 0 Å². The zero-order chi connectivity index (χ0) is 13.6. The van der Waals surface area contributed by atoms with E-state index in [1.165, 1.54) is 6.07 Å². The number of fused-ring (bicyclic) bond motifs is 1. The number of hydrogen-bond acceptors (Lipinski definition) is 3. The first-order valence-corrected chi connectivity index (χ1v) is 6.18. The third-order valence-corrected chi connectivity index (χ3v) is 3.32. The SMILES string of the molecule is Cc1cc2c(cc1F)[nH]c(=S)n2Cc1ncn(C)n1. The second-order valence-corrected chi connectivity index (χ2v) is 4.86. The number of H-pyrrole nitrogens is 1. The van der Waals surface area contributed by atoms with Gasteiger partial charge in [0, 0.05) is 7.05 Å². The fourth-order valence-corrected chi connectivity index (χ4v) is 2.31. The molecule has 98 valence electrons. The molecule has 0 aliphatic rings. The van der Waals surface area contributed by atoms with E-state index >= 15 is 0 Å². The lowest BCUT2D eigenvalue weighted by atomic mass is 10.2. The summed E-state index contributed by atoms with van der Waals surface area (Å²) in [4.78, 5) is 7.17. The van der Waals surface area contributed by atoms with E-state index in [1.54, 1.807) is 24.0 Å². The van der Waals surface area contributed by atoms with Crippen LogP contribution >= 0.6 is 12.2 Å². The zero-order valence-corrected chi connectivity index (χ0v) is 11.3. The molecule has 3 aromatic rings. The van der Waals surface area contributed by atoms with Crippen molar-refractivity contribution in [2.24, 2.45) is 7.05 Å². The lowest BCUT2D eigenvalue weighted by Gasteiger charge is -2.02. The van der Waals surface area contributed by atoms with Crippen LogP contribution in [0.15, 0.2) is 18.5 Å². The van der Waals surface area contributed by atoms with Crippen LogP contribution in [0.25, 0.3) is 11.0 Å². The summed E-state index contributed by atoms with van der Waals surface area (Å²) in [5.74, 6) is 0.424. The van der Waals surface area contributed by atoms with Crippen molar-refractivity contribution in [1.82, 2.24) is 24.3 Å². The molecule has 7 heteroatoms. The Labute approximate surface area is 113 Å². The van der Waals surface area contributed by atoms with Crippen LogP contribution in [-0.2, 0) is 13.6 Å². The number of aromatic amines is 1. The summed E-state index contributed by atoms with van der Waals surface area (Å²) in [5.41, 5.74) is 2.13. The first-order valence-electron chi connectivity index (χ1n) is 5.78. The number of hydrogen-bond donors (Lipinski definition) is 1. The first-order chi connectivity index (χ1) is 9.04. The van der Waals surface area contributed by atoms with E-state index in [4.69, 9.17) is 12.2 Å². The molecule has 0 bridgehead atoms. The Hall–Kier alpha value is -2.02. The summed E-state index contributed by atoms with van der Waals surface area (Å²) < 4.78 is 17.6. The van der Waals surface area contributed by atoms with Gasteiger partial charge in [-0.25, -0.2) is 9.37 Å². The molecule has 0 aliphatic carbocycles. The van der Waals surface area contributed by atoms with Gasteiger partial charge in [-0.15, -0.1) is 0 Å². The number of aryl methyl sites for hydroxylation is 2. The van der Waals surface area contributed by atoms with Crippen LogP contribution in [0.4, 0.5) is 4.39 Å². The smallest absolute Gasteiger partial charge is 0.178 e. The Morgan fingerprint density at radius 2 is 2.21 bits per heavy atom. The van der Waals surface area contributed by atoms with E-state index in [9.17, 15) is 4.39 Å². The van der Waals surface area contributed by atoms with E-state index in [0.717, 1.165) is 5.52 Å². The minimum Gasteiger partial charge on any atom is -0.330 e. The van der Waals surface area contributed by atoms with Gasteiger partial charge >= 0.3 is 0 Å². The van der Waals surface area contributed by atoms with Gasteiger partial charge in [0.25, 0.3) is 0 Å². The minimum atomic E-state index is -0.244. The summed E-state index contributed by atoms with van der Waals surface area (Å²) in [6.07, 6.45) is 1.64. The summed E-state index contributed by atoms with van der Waals surface area (Å²) in [6.45, 7) is 2.19. The van der Waals surface area contributed by atoms with E-state index in [-0.39, 0.29) is 5.82 Å². The Bertz CT molecular complexity index is 813. The molecule has 0 aliphatic heterocycles. The van der Waals surface area contributed by atoms with Gasteiger partial charge in [0.2, 0.25) is 0 Å². The Morgan fingerprint density at radius 3 is 2.89 bits per heavy atom. The molecule has 2 aromatic heterocycles. The molecule has 2 heterocycles. The predicted octanol–water partition coefficient (Wildman–Crippen LogP) is 2.32. The second kappa shape index (κ2) is 4.27. The molecule has 0 saturated carbocycles. The Kier molecular flexibility index (Phi) is 2.70. The van der Waals surface area contributed by atoms with Gasteiger partial charge < -0.3 is 9.55 Å². The highest BCUT2D eigenvalue weighted by atomic mass is 32.1. The van der Waals surface area contributed by atoms with E-state index in [0.29, 0.717) is 28.2 Å². The highest BCUT2D eigenvalue weighted by Crippen LogP contribution is 2.19. The van der Waals surface area contributed by atoms with Gasteiger partial charge in [-0.3, -0.25) is 4.68 Å². The molecule has 1 aromatic carbocycles. The number of benzene rings is 1. The van der Waals surface area contributed by atoms with Crippen LogP contribution in [0, 0.1) is 17.5 Å². The third kappa shape index (κ3) is 2.06. The van der Waals surface area contributed by atoms with Crippen molar-refractivity contribution >= 4 is 23.3 Å². The highest BCUT2D eigenvalue weighted by molar-refractivity contribution is 7.71. The number of imidazole rings is 1. The zero-order valence-electron chi connectivity index (χ0n) is 10.5. The number of aromatic nitrogens is 5. The Morgan fingerprint density at radius 1 is 1.42 bits per heavy atom. The van der Waals surface area contributed by atoms with Crippen molar-refractivity contribution < 1.29 is 4.39 Å². The van der Waals surface area contributed by atoms with Gasteiger partial charge in [0.1, 0.15) is 12.1 Å². The lowest BCUT2D eigenvalue weighted by Crippen LogP contribution is -2.02. The maximum Gasteiger partial charge on any atom is 0.178 e. The number of nitrogens with zero attached hydrogens (tertiary/aromatic N) is 4. The molecule has 0 fully saturated rings. The van der Waals surface area contributed by atoms with Gasteiger partial charge in [-0.05, 0) is 36.8 Å². The quantitative estimate of drug-likeness (QED) is 0.731. The standard InChI is InChI=1S/C12H12FN5S/c1-7-3-10-9(4-8(7)13)15-12(19)18(10)5-11-14-6-17(2)16-11/h3-4,6H,5H2,1-2H3,(H,15,19). The summed E-state index contributed by atoms with van der Waals surface area (Å²) in [5, 5.41) is 4.22. The van der Waals surface area contributed by atoms with E-state index in [1.807, 2.05) is 11.6 Å². The van der Waals surface area contributed by atoms with Crippen molar-refractivity contribution in [3.63, 3.8) is 0 Å². The van der Waals surface area contributed by atoms with Crippen molar-refractivity contribution in [2.75, 3.05) is 0 Å². The molecular weight excluding hydrogens is 265 g/mol. The molecule has 1 N–H and O–H groups in total. The molecule has 0 atom stereocenters. The molecule has 0 radical (unpaired) electrons. The molecule has 0 amide bonds. The van der Waals surface area contributed by atoms with Crippen molar-refractivity contribution in [3.05, 3.63) is 40.4 Å². The maximum atomic E-state index is 13.5. The molecule has 5 nitrogen and oxygen atoms in total. The monoisotopic (exact) mass is 277 g/mol. The van der Waals surface area contributed by atoms with Gasteiger partial charge in [-0.2, -0.15) is 5.10 Å². The Balaban J connectivity index is 2.15. The number of nitrogens with one attached hydrogen (secondary N) is 1. The summed E-state index contributed by atoms with van der Waals surface area (Å²) in [6, 6.07) is 3.24. The van der Waals surface area contributed by atoms with Gasteiger partial charge in [-0.1, -0.05) is 0 Å². The highest BCUT2D eigenvalue weighted by Gasteiger charge is 2.10. The average Bonchev–Trinajstić information content (AvgIpc) is 2.87. The number of rotatable bonds is 2. The normalized spacial score (nSPS) is 11.3. The lowest BCUT2D eigenvalue weighted by molar-refractivity contribution is 0.620. The molecule has 3 rings (SSSR count). The predicted molar refractivity (Wildman–Crippen MR) is 71.9 cm³/mol. The maximum absolute atomic E-state index is 13.5. The summed E-state index contributed by atoms with van der Waals surface area (Å²) >= 11 is 5.27. The molecule has 0 spiro atoms. The van der Waals surface area contributed by atoms with Gasteiger partial charge in [0.15, 0.2) is 10.6 Å². The fraction of sp³-hybridized carbons (Fsp3) is 0.250. The molecule has 0 unspecified atom stereocenters. The van der Waals surface area contributed by atoms with Crippen LogP contribution < -0.4 is 0 Å². The topological polar surface area (TPSA) is 51.4 Å². The van der Waals surface area contributed by atoms with Crippen molar-refractivity contribution in [2.45, 2.75) is 13.5 Å². The van der Waals surface area contributed by atoms with E-state index in [2.05, 4.69) is 15.1 Å². The average molecular weight is 277 g/mol. The third-order valence-electron chi connectivity index (χ3n) is 3.00. The second-order valence-electron chi connectivity index (χ2n) is 4.47.